The van der Waals surface area contributed by atoms with E-state index in [1.54, 1.807) is 0 Å². The number of ether oxygens (including phenoxy) is 1. The molecule has 0 aliphatic carbocycles. The number of nitrogens with one attached hydrogen (secondary N) is 1. The highest BCUT2D eigenvalue weighted by molar-refractivity contribution is 5.84. The Balaban J connectivity index is 1.79. The number of urea groups is 1. The van der Waals surface area contributed by atoms with Gasteiger partial charge < -0.3 is 19.9 Å². The first-order chi connectivity index (χ1) is 12.5. The van der Waals surface area contributed by atoms with Gasteiger partial charge in [-0.25, -0.2) is 4.79 Å². The SMILES string of the molecule is CCN1CC[C@@]2(C(=O)N3CCOCC3)CCN(C(=O)NC(C)C)CC[C@@H]12. The van der Waals surface area contributed by atoms with Crippen molar-refractivity contribution in [3.63, 3.8) is 0 Å². The molecule has 3 heterocycles. The molecule has 148 valence electrons. The summed E-state index contributed by atoms with van der Waals surface area (Å²) in [7, 11) is 0. The zero-order valence-electron chi connectivity index (χ0n) is 16.5. The second kappa shape index (κ2) is 8.13. The fourth-order valence-electron chi connectivity index (χ4n) is 4.85. The van der Waals surface area contributed by atoms with Crippen molar-refractivity contribution >= 4 is 11.9 Å². The van der Waals surface area contributed by atoms with Gasteiger partial charge >= 0.3 is 6.03 Å². The van der Waals surface area contributed by atoms with Crippen molar-refractivity contribution in [3.05, 3.63) is 0 Å². The van der Waals surface area contributed by atoms with Gasteiger partial charge in [0, 0.05) is 38.3 Å². The normalized spacial score (nSPS) is 30.2. The zero-order valence-corrected chi connectivity index (χ0v) is 16.5. The van der Waals surface area contributed by atoms with Crippen molar-refractivity contribution in [3.8, 4) is 0 Å². The Hall–Kier alpha value is -1.34. The lowest BCUT2D eigenvalue weighted by Crippen LogP contribution is -2.53. The highest BCUT2D eigenvalue weighted by Gasteiger charge is 2.54. The molecule has 0 aromatic heterocycles. The van der Waals surface area contributed by atoms with Crippen LogP contribution in [0.25, 0.3) is 0 Å². The molecule has 0 radical (unpaired) electrons. The summed E-state index contributed by atoms with van der Waals surface area (Å²) in [6.45, 7) is 12.1. The van der Waals surface area contributed by atoms with Crippen LogP contribution in [-0.4, -0.2) is 91.2 Å². The van der Waals surface area contributed by atoms with Crippen LogP contribution in [-0.2, 0) is 9.53 Å². The van der Waals surface area contributed by atoms with Gasteiger partial charge in [0.15, 0.2) is 0 Å². The van der Waals surface area contributed by atoms with Crippen LogP contribution in [0.1, 0.15) is 40.0 Å². The van der Waals surface area contributed by atoms with E-state index in [-0.39, 0.29) is 29.4 Å². The van der Waals surface area contributed by atoms with E-state index in [1.165, 1.54) is 0 Å². The van der Waals surface area contributed by atoms with Crippen molar-refractivity contribution in [2.75, 3.05) is 52.5 Å². The summed E-state index contributed by atoms with van der Waals surface area (Å²) >= 11 is 0. The Kier molecular flexibility index (Phi) is 6.07. The first-order valence-corrected chi connectivity index (χ1v) is 10.1. The fourth-order valence-corrected chi connectivity index (χ4v) is 4.85. The van der Waals surface area contributed by atoms with E-state index in [0.717, 1.165) is 38.9 Å². The third-order valence-corrected chi connectivity index (χ3v) is 6.25. The standard InChI is InChI=1S/C19H34N4O3/c1-4-21-9-6-19(17(24)22-11-13-26-14-12-22)7-10-23(8-5-16(19)21)18(25)20-15(2)3/h15-16H,4-14H2,1-3H3,(H,20,25)/t16-,19-/m1/s1. The summed E-state index contributed by atoms with van der Waals surface area (Å²) in [5.74, 6) is 0.285. The Morgan fingerprint density at radius 3 is 2.42 bits per heavy atom. The van der Waals surface area contributed by atoms with Crippen LogP contribution >= 0.6 is 0 Å². The number of carbonyl (C=O) groups is 2. The van der Waals surface area contributed by atoms with Gasteiger partial charge in [0.05, 0.1) is 18.6 Å². The first kappa shape index (κ1) is 19.4. The number of rotatable bonds is 3. The molecule has 0 aromatic rings. The molecule has 0 spiro atoms. The molecule has 1 N–H and O–H groups in total. The summed E-state index contributed by atoms with van der Waals surface area (Å²) in [5.41, 5.74) is -0.347. The third kappa shape index (κ3) is 3.69. The van der Waals surface area contributed by atoms with E-state index in [2.05, 4.69) is 17.1 Å². The Morgan fingerprint density at radius 2 is 1.77 bits per heavy atom. The monoisotopic (exact) mass is 366 g/mol. The average Bonchev–Trinajstić information content (AvgIpc) is 2.88. The summed E-state index contributed by atoms with van der Waals surface area (Å²) in [4.78, 5) is 32.4. The maximum absolute atomic E-state index is 13.5. The molecular formula is C19H34N4O3. The van der Waals surface area contributed by atoms with E-state index in [0.29, 0.717) is 32.8 Å². The van der Waals surface area contributed by atoms with Crippen LogP contribution in [0.4, 0.5) is 4.79 Å². The molecule has 7 nitrogen and oxygen atoms in total. The average molecular weight is 367 g/mol. The smallest absolute Gasteiger partial charge is 0.317 e. The van der Waals surface area contributed by atoms with Crippen LogP contribution < -0.4 is 5.32 Å². The van der Waals surface area contributed by atoms with E-state index in [9.17, 15) is 9.59 Å². The lowest BCUT2D eigenvalue weighted by atomic mass is 9.75. The molecule has 7 heteroatoms. The van der Waals surface area contributed by atoms with Gasteiger partial charge in [0.2, 0.25) is 5.91 Å². The van der Waals surface area contributed by atoms with E-state index in [4.69, 9.17) is 4.74 Å². The minimum Gasteiger partial charge on any atom is -0.378 e. The third-order valence-electron chi connectivity index (χ3n) is 6.25. The van der Waals surface area contributed by atoms with Crippen molar-refractivity contribution in [2.24, 2.45) is 5.41 Å². The van der Waals surface area contributed by atoms with Crippen molar-refractivity contribution < 1.29 is 14.3 Å². The topological polar surface area (TPSA) is 65.1 Å². The fraction of sp³-hybridized carbons (Fsp3) is 0.895. The summed E-state index contributed by atoms with van der Waals surface area (Å²) in [6, 6.07) is 0.359. The van der Waals surface area contributed by atoms with Crippen molar-refractivity contribution in [1.29, 1.82) is 0 Å². The predicted molar refractivity (Wildman–Crippen MR) is 100.0 cm³/mol. The highest BCUT2D eigenvalue weighted by atomic mass is 16.5. The summed E-state index contributed by atoms with van der Waals surface area (Å²) < 4.78 is 5.43. The van der Waals surface area contributed by atoms with Crippen LogP contribution in [0.3, 0.4) is 0 Å². The number of amides is 3. The molecule has 3 rings (SSSR count). The largest absolute Gasteiger partial charge is 0.378 e. The second-order valence-electron chi connectivity index (χ2n) is 8.09. The number of hydrogen-bond donors (Lipinski definition) is 1. The highest BCUT2D eigenvalue weighted by Crippen LogP contribution is 2.45. The van der Waals surface area contributed by atoms with Crippen LogP contribution in [0.2, 0.25) is 0 Å². The van der Waals surface area contributed by atoms with Crippen LogP contribution in [0.5, 0.6) is 0 Å². The molecule has 2 atom stereocenters. The molecule has 0 aromatic carbocycles. The summed E-state index contributed by atoms with van der Waals surface area (Å²) in [6.07, 6.45) is 2.53. The molecule has 3 amide bonds. The minimum absolute atomic E-state index is 0.00278. The first-order valence-electron chi connectivity index (χ1n) is 10.1. The summed E-state index contributed by atoms with van der Waals surface area (Å²) in [5, 5.41) is 3.00. The van der Waals surface area contributed by atoms with Crippen molar-refractivity contribution in [1.82, 2.24) is 20.0 Å². The second-order valence-corrected chi connectivity index (χ2v) is 8.09. The van der Waals surface area contributed by atoms with Gasteiger partial charge in [0.25, 0.3) is 0 Å². The van der Waals surface area contributed by atoms with Crippen LogP contribution in [0, 0.1) is 5.41 Å². The van der Waals surface area contributed by atoms with E-state index < -0.39 is 0 Å². The van der Waals surface area contributed by atoms with Gasteiger partial charge in [-0.3, -0.25) is 9.69 Å². The quantitative estimate of drug-likeness (QED) is 0.814. The minimum atomic E-state index is -0.347. The Bertz CT molecular complexity index is 521. The molecule has 0 bridgehead atoms. The molecule has 3 fully saturated rings. The zero-order chi connectivity index (χ0) is 18.7. The molecule has 3 aliphatic rings. The maximum Gasteiger partial charge on any atom is 0.317 e. The van der Waals surface area contributed by atoms with Gasteiger partial charge in [-0.05, 0) is 46.2 Å². The number of morpholine rings is 1. The lowest BCUT2D eigenvalue weighted by molar-refractivity contribution is -0.148. The maximum atomic E-state index is 13.5. The van der Waals surface area contributed by atoms with Gasteiger partial charge in [-0.1, -0.05) is 6.92 Å². The molecule has 3 aliphatic heterocycles. The molecule has 26 heavy (non-hydrogen) atoms. The van der Waals surface area contributed by atoms with E-state index in [1.807, 2.05) is 23.6 Å². The Morgan fingerprint density at radius 1 is 1.08 bits per heavy atom. The number of hydrogen-bond acceptors (Lipinski definition) is 4. The molecule has 0 saturated carbocycles. The molecule has 3 saturated heterocycles. The van der Waals surface area contributed by atoms with E-state index >= 15 is 0 Å². The predicted octanol–water partition coefficient (Wildman–Crippen LogP) is 1.14. The number of nitrogens with zero attached hydrogens (tertiary/aromatic N) is 3. The lowest BCUT2D eigenvalue weighted by Gasteiger charge is -2.40. The number of fused-ring (bicyclic) bond motifs is 1. The van der Waals surface area contributed by atoms with Crippen molar-refractivity contribution in [2.45, 2.75) is 52.1 Å². The number of carbonyl (C=O) groups excluding carboxylic acids is 2. The molecule has 0 unspecified atom stereocenters. The van der Waals surface area contributed by atoms with Gasteiger partial charge in [-0.15, -0.1) is 0 Å². The number of likely N-dealkylation sites (tertiary alicyclic amines) is 2. The Labute approximate surface area is 157 Å². The van der Waals surface area contributed by atoms with Gasteiger partial charge in [-0.2, -0.15) is 0 Å². The van der Waals surface area contributed by atoms with Gasteiger partial charge in [0.1, 0.15) is 0 Å². The van der Waals surface area contributed by atoms with Crippen LogP contribution in [0.15, 0.2) is 0 Å². The molecular weight excluding hydrogens is 332 g/mol.